The van der Waals surface area contributed by atoms with Crippen LogP contribution in [0.2, 0.25) is 0 Å². The molecule has 0 bridgehead atoms. The maximum Gasteiger partial charge on any atom is 0.308 e. The number of esters is 1. The highest BCUT2D eigenvalue weighted by molar-refractivity contribution is 6.02. The van der Waals surface area contributed by atoms with Gasteiger partial charge in [0.15, 0.2) is 0 Å². The fraction of sp³-hybridized carbons (Fsp3) is 0.0588. The van der Waals surface area contributed by atoms with Crippen LogP contribution in [0.3, 0.4) is 0 Å². The highest BCUT2D eigenvalue weighted by atomic mass is 16.6. The number of nitro benzene ring substituents is 1. The molecule has 0 atom stereocenters. The molecule has 0 saturated heterocycles. The number of nitro groups is 1. The van der Waals surface area contributed by atoms with Crippen LogP contribution in [0.1, 0.15) is 12.5 Å². The number of hydrogen-bond donors (Lipinski definition) is 1. The van der Waals surface area contributed by atoms with Crippen molar-refractivity contribution in [2.24, 2.45) is 0 Å². The molecule has 24 heavy (non-hydrogen) atoms. The van der Waals surface area contributed by atoms with Crippen LogP contribution in [0.25, 0.3) is 6.08 Å². The van der Waals surface area contributed by atoms with E-state index in [4.69, 9.17) is 4.74 Å². The van der Waals surface area contributed by atoms with Crippen molar-refractivity contribution in [3.63, 3.8) is 0 Å². The first kappa shape index (κ1) is 16.9. The number of hydrogen-bond acceptors (Lipinski definition) is 5. The molecule has 2 rings (SSSR count). The quantitative estimate of drug-likeness (QED) is 0.299. The summed E-state index contributed by atoms with van der Waals surface area (Å²) in [5, 5.41) is 13.3. The molecule has 0 fully saturated rings. The Hall–Kier alpha value is -3.48. The summed E-state index contributed by atoms with van der Waals surface area (Å²) in [6, 6.07) is 12.3. The van der Waals surface area contributed by atoms with Crippen molar-refractivity contribution in [2.75, 3.05) is 5.32 Å². The maximum absolute atomic E-state index is 11.9. The van der Waals surface area contributed by atoms with Gasteiger partial charge in [-0.1, -0.05) is 18.2 Å². The van der Waals surface area contributed by atoms with E-state index in [1.807, 2.05) is 0 Å². The predicted octanol–water partition coefficient (Wildman–Crippen LogP) is 3.17. The van der Waals surface area contributed by atoms with E-state index in [2.05, 4.69) is 5.32 Å². The second-order valence-electron chi connectivity index (χ2n) is 4.80. The van der Waals surface area contributed by atoms with Gasteiger partial charge in [0.05, 0.1) is 4.92 Å². The zero-order valence-electron chi connectivity index (χ0n) is 12.8. The Morgan fingerprint density at radius 2 is 1.92 bits per heavy atom. The average Bonchev–Trinajstić information content (AvgIpc) is 2.53. The van der Waals surface area contributed by atoms with Crippen LogP contribution < -0.4 is 10.1 Å². The second kappa shape index (κ2) is 7.68. The summed E-state index contributed by atoms with van der Waals surface area (Å²) in [4.78, 5) is 33.0. The monoisotopic (exact) mass is 326 g/mol. The Morgan fingerprint density at radius 1 is 1.17 bits per heavy atom. The first-order valence-electron chi connectivity index (χ1n) is 6.96. The van der Waals surface area contributed by atoms with Crippen molar-refractivity contribution in [1.29, 1.82) is 0 Å². The molecule has 7 nitrogen and oxygen atoms in total. The highest BCUT2D eigenvalue weighted by Crippen LogP contribution is 2.18. The molecular weight excluding hydrogens is 312 g/mol. The largest absolute Gasteiger partial charge is 0.427 e. The maximum atomic E-state index is 11.9. The summed E-state index contributed by atoms with van der Waals surface area (Å²) in [6.07, 6.45) is 2.73. The van der Waals surface area contributed by atoms with Gasteiger partial charge in [0.1, 0.15) is 5.75 Å². The lowest BCUT2D eigenvalue weighted by molar-refractivity contribution is -0.384. The number of amides is 1. The summed E-state index contributed by atoms with van der Waals surface area (Å²) >= 11 is 0. The van der Waals surface area contributed by atoms with Crippen molar-refractivity contribution in [2.45, 2.75) is 6.92 Å². The molecule has 0 unspecified atom stereocenters. The molecule has 1 amide bonds. The van der Waals surface area contributed by atoms with E-state index in [0.717, 1.165) is 0 Å². The van der Waals surface area contributed by atoms with E-state index < -0.39 is 16.8 Å². The van der Waals surface area contributed by atoms with Crippen LogP contribution in [0, 0.1) is 10.1 Å². The third-order valence-corrected chi connectivity index (χ3v) is 2.87. The van der Waals surface area contributed by atoms with Crippen molar-refractivity contribution in [1.82, 2.24) is 0 Å². The van der Waals surface area contributed by atoms with Gasteiger partial charge >= 0.3 is 5.97 Å². The number of carbonyl (C=O) groups is 2. The van der Waals surface area contributed by atoms with Gasteiger partial charge in [-0.2, -0.15) is 0 Å². The zero-order valence-corrected chi connectivity index (χ0v) is 12.8. The molecule has 0 saturated carbocycles. The number of ether oxygens (including phenoxy) is 1. The standard InChI is InChI=1S/C17H14N2O5/c1-12(20)24-16-7-3-5-14(11-16)18-17(21)9-8-13-4-2-6-15(10-13)19(22)23/h2-11H,1H3,(H,18,21)/b9-8+. The normalized spacial score (nSPS) is 10.4. The first-order chi connectivity index (χ1) is 11.4. The van der Waals surface area contributed by atoms with Crippen molar-refractivity contribution < 1.29 is 19.2 Å². The molecule has 2 aromatic carbocycles. The summed E-state index contributed by atoms with van der Waals surface area (Å²) < 4.78 is 4.93. The SMILES string of the molecule is CC(=O)Oc1cccc(NC(=O)/C=C/c2cccc([N+](=O)[O-])c2)c1. The zero-order chi connectivity index (χ0) is 17.5. The second-order valence-corrected chi connectivity index (χ2v) is 4.80. The van der Waals surface area contributed by atoms with Crippen molar-refractivity contribution in [3.8, 4) is 5.75 Å². The topological polar surface area (TPSA) is 98.5 Å². The van der Waals surface area contributed by atoms with E-state index in [9.17, 15) is 19.7 Å². The first-order valence-corrected chi connectivity index (χ1v) is 6.96. The van der Waals surface area contributed by atoms with Gasteiger partial charge in [0, 0.05) is 36.9 Å². The predicted molar refractivity (Wildman–Crippen MR) is 88.5 cm³/mol. The number of nitrogens with zero attached hydrogens (tertiary/aromatic N) is 1. The molecule has 2 aromatic rings. The Morgan fingerprint density at radius 3 is 2.62 bits per heavy atom. The van der Waals surface area contributed by atoms with Crippen LogP contribution in [-0.2, 0) is 9.59 Å². The number of rotatable bonds is 5. The summed E-state index contributed by atoms with van der Waals surface area (Å²) in [6.45, 7) is 1.28. The molecule has 0 heterocycles. The van der Waals surface area contributed by atoms with Gasteiger partial charge in [-0.05, 0) is 23.8 Å². The summed E-state index contributed by atoms with van der Waals surface area (Å²) in [7, 11) is 0. The van der Waals surface area contributed by atoms with E-state index in [0.29, 0.717) is 17.0 Å². The minimum atomic E-state index is -0.502. The fourth-order valence-corrected chi connectivity index (χ4v) is 1.90. The van der Waals surface area contributed by atoms with E-state index in [1.54, 1.807) is 24.3 Å². The average molecular weight is 326 g/mol. The molecular formula is C17H14N2O5. The van der Waals surface area contributed by atoms with Gasteiger partial charge in [0.2, 0.25) is 5.91 Å². The lowest BCUT2D eigenvalue weighted by Gasteiger charge is -2.05. The Labute approximate surface area is 137 Å². The molecule has 1 N–H and O–H groups in total. The number of nitrogens with one attached hydrogen (secondary N) is 1. The molecule has 0 aromatic heterocycles. The van der Waals surface area contributed by atoms with Crippen molar-refractivity contribution >= 4 is 29.3 Å². The van der Waals surface area contributed by atoms with Crippen molar-refractivity contribution in [3.05, 3.63) is 70.3 Å². The molecule has 0 spiro atoms. The minimum Gasteiger partial charge on any atom is -0.427 e. The van der Waals surface area contributed by atoms with Gasteiger partial charge < -0.3 is 10.1 Å². The Bertz CT molecular complexity index is 814. The third-order valence-electron chi connectivity index (χ3n) is 2.87. The lowest BCUT2D eigenvalue weighted by Crippen LogP contribution is -2.08. The van der Waals surface area contributed by atoms with E-state index in [-0.39, 0.29) is 5.69 Å². The van der Waals surface area contributed by atoms with Gasteiger partial charge in [-0.25, -0.2) is 0 Å². The van der Waals surface area contributed by atoms with Gasteiger partial charge in [0.25, 0.3) is 5.69 Å². The fourth-order valence-electron chi connectivity index (χ4n) is 1.90. The number of benzene rings is 2. The summed E-state index contributed by atoms with van der Waals surface area (Å²) in [5.41, 5.74) is 0.946. The van der Waals surface area contributed by atoms with E-state index >= 15 is 0 Å². The molecule has 7 heteroatoms. The lowest BCUT2D eigenvalue weighted by atomic mass is 10.2. The molecule has 0 radical (unpaired) electrons. The van der Waals surface area contributed by atoms with Gasteiger partial charge in [-0.3, -0.25) is 19.7 Å². The number of carbonyl (C=O) groups excluding carboxylic acids is 2. The van der Waals surface area contributed by atoms with Crippen LogP contribution in [0.5, 0.6) is 5.75 Å². The Kier molecular flexibility index (Phi) is 5.40. The van der Waals surface area contributed by atoms with Gasteiger partial charge in [-0.15, -0.1) is 0 Å². The minimum absolute atomic E-state index is 0.0494. The molecule has 122 valence electrons. The number of non-ortho nitro benzene ring substituents is 1. The number of anilines is 1. The van der Waals surface area contributed by atoms with Crippen LogP contribution in [0.4, 0.5) is 11.4 Å². The molecule has 0 aliphatic rings. The smallest absolute Gasteiger partial charge is 0.308 e. The Balaban J connectivity index is 2.04. The van der Waals surface area contributed by atoms with Crippen LogP contribution >= 0.6 is 0 Å². The van der Waals surface area contributed by atoms with Crippen LogP contribution in [0.15, 0.2) is 54.6 Å². The van der Waals surface area contributed by atoms with Crippen LogP contribution in [-0.4, -0.2) is 16.8 Å². The highest BCUT2D eigenvalue weighted by Gasteiger charge is 2.05. The molecule has 0 aliphatic carbocycles. The molecule has 0 aliphatic heterocycles. The summed E-state index contributed by atoms with van der Waals surface area (Å²) in [5.74, 6) is -0.548. The third kappa shape index (κ3) is 5.06. The van der Waals surface area contributed by atoms with E-state index in [1.165, 1.54) is 43.3 Å².